The smallest absolute Gasteiger partial charge is 0.407 e. The van der Waals surface area contributed by atoms with Crippen LogP contribution in [0.5, 0.6) is 0 Å². The monoisotopic (exact) mass is 361 g/mol. The van der Waals surface area contributed by atoms with Gasteiger partial charge in [-0.15, -0.1) is 0 Å². The fourth-order valence-electron chi connectivity index (χ4n) is 3.27. The molecule has 6 nitrogen and oxygen atoms in total. The molecule has 0 bridgehead atoms. The number of likely N-dealkylation sites (tertiary alicyclic amines) is 1. The number of hydrogen-bond donors (Lipinski definition) is 1. The Bertz CT molecular complexity index is 590. The van der Waals surface area contributed by atoms with E-state index < -0.39 is 5.60 Å². The van der Waals surface area contributed by atoms with Gasteiger partial charge in [-0.2, -0.15) is 0 Å². The van der Waals surface area contributed by atoms with Crippen LogP contribution in [0.25, 0.3) is 0 Å². The molecule has 1 saturated heterocycles. The fraction of sp³-hybridized carbons (Fsp3) is 0.600. The second kappa shape index (κ2) is 9.03. The van der Waals surface area contributed by atoms with Crippen molar-refractivity contribution in [3.8, 4) is 0 Å². The first-order valence-corrected chi connectivity index (χ1v) is 9.30. The van der Waals surface area contributed by atoms with E-state index in [9.17, 15) is 9.59 Å². The van der Waals surface area contributed by atoms with Crippen LogP contribution in [-0.4, -0.2) is 54.7 Å². The first-order valence-electron chi connectivity index (χ1n) is 9.30. The highest BCUT2D eigenvalue weighted by Gasteiger charge is 2.27. The van der Waals surface area contributed by atoms with Crippen molar-refractivity contribution >= 4 is 17.7 Å². The Kier molecular flexibility index (Phi) is 7.03. The van der Waals surface area contributed by atoms with E-state index in [1.165, 1.54) is 0 Å². The highest BCUT2D eigenvalue weighted by molar-refractivity contribution is 5.92. The summed E-state index contributed by atoms with van der Waals surface area (Å²) in [6.07, 6.45) is 1.49. The minimum atomic E-state index is -0.476. The lowest BCUT2D eigenvalue weighted by atomic mass is 10.0. The Morgan fingerprint density at radius 3 is 2.35 bits per heavy atom. The number of amides is 2. The number of anilines is 1. The average Bonchev–Trinajstić information content (AvgIpc) is 2.55. The van der Waals surface area contributed by atoms with Crippen LogP contribution in [0.4, 0.5) is 10.5 Å². The van der Waals surface area contributed by atoms with Crippen molar-refractivity contribution in [3.63, 3.8) is 0 Å². The van der Waals surface area contributed by atoms with E-state index in [1.807, 2.05) is 56.0 Å². The van der Waals surface area contributed by atoms with Gasteiger partial charge in [0.25, 0.3) is 0 Å². The third kappa shape index (κ3) is 6.33. The van der Waals surface area contributed by atoms with E-state index in [2.05, 4.69) is 10.2 Å². The third-order valence-electron chi connectivity index (χ3n) is 4.39. The molecule has 2 rings (SSSR count). The Morgan fingerprint density at radius 2 is 1.81 bits per heavy atom. The van der Waals surface area contributed by atoms with Crippen molar-refractivity contribution in [2.75, 3.05) is 31.1 Å². The van der Waals surface area contributed by atoms with Gasteiger partial charge in [-0.25, -0.2) is 4.79 Å². The number of nitrogens with zero attached hydrogens (tertiary/aromatic N) is 2. The molecule has 0 radical (unpaired) electrons. The summed E-state index contributed by atoms with van der Waals surface area (Å²) in [6, 6.07) is 10.1. The van der Waals surface area contributed by atoms with Crippen molar-refractivity contribution in [1.29, 1.82) is 0 Å². The lowest BCUT2D eigenvalue weighted by molar-refractivity contribution is -0.117. The molecule has 1 fully saturated rings. The van der Waals surface area contributed by atoms with Crippen molar-refractivity contribution in [2.24, 2.45) is 0 Å². The highest BCUT2D eigenvalue weighted by atomic mass is 16.6. The molecule has 0 unspecified atom stereocenters. The Hall–Kier alpha value is -2.08. The van der Waals surface area contributed by atoms with Crippen molar-refractivity contribution < 1.29 is 14.3 Å². The number of carbonyl (C=O) groups excluding carboxylic acids is 2. The van der Waals surface area contributed by atoms with E-state index in [0.717, 1.165) is 38.2 Å². The second-order valence-corrected chi connectivity index (χ2v) is 7.73. The van der Waals surface area contributed by atoms with Gasteiger partial charge in [0, 0.05) is 44.8 Å². The van der Waals surface area contributed by atoms with Gasteiger partial charge in [0.2, 0.25) is 5.91 Å². The molecule has 1 N–H and O–H groups in total. The number of ether oxygens (including phenoxy) is 1. The SMILES string of the molecule is CC(=O)N(c1ccccc1)C1CCN(CCNC(=O)OC(C)(C)C)CC1. The molecule has 0 saturated carbocycles. The minimum Gasteiger partial charge on any atom is -0.444 e. The molecule has 1 aromatic carbocycles. The number of hydrogen-bond acceptors (Lipinski definition) is 4. The quantitative estimate of drug-likeness (QED) is 0.876. The summed E-state index contributed by atoms with van der Waals surface area (Å²) >= 11 is 0. The van der Waals surface area contributed by atoms with Crippen LogP contribution in [0.15, 0.2) is 30.3 Å². The van der Waals surface area contributed by atoms with Crippen LogP contribution in [0.2, 0.25) is 0 Å². The maximum absolute atomic E-state index is 12.1. The maximum atomic E-state index is 12.1. The van der Waals surface area contributed by atoms with E-state index in [4.69, 9.17) is 4.74 Å². The molecule has 0 atom stereocenters. The summed E-state index contributed by atoms with van der Waals surface area (Å²) in [5.74, 6) is 0.0845. The molecule has 6 heteroatoms. The van der Waals surface area contributed by atoms with Crippen LogP contribution < -0.4 is 10.2 Å². The number of piperidine rings is 1. The largest absolute Gasteiger partial charge is 0.444 e. The van der Waals surface area contributed by atoms with Crippen molar-refractivity contribution in [3.05, 3.63) is 30.3 Å². The summed E-state index contributed by atoms with van der Waals surface area (Å²) in [6.45, 7) is 10.4. The number of rotatable bonds is 5. The van der Waals surface area contributed by atoms with Crippen LogP contribution >= 0.6 is 0 Å². The lowest BCUT2D eigenvalue weighted by Gasteiger charge is -2.38. The molecule has 0 spiro atoms. The zero-order chi connectivity index (χ0) is 19.2. The van der Waals surface area contributed by atoms with E-state index in [0.29, 0.717) is 6.54 Å². The maximum Gasteiger partial charge on any atom is 0.407 e. The van der Waals surface area contributed by atoms with Gasteiger partial charge in [-0.1, -0.05) is 18.2 Å². The molecule has 0 aromatic heterocycles. The Balaban J connectivity index is 1.78. The summed E-state index contributed by atoms with van der Waals surface area (Å²) in [4.78, 5) is 28.0. The Labute approximate surface area is 156 Å². The van der Waals surface area contributed by atoms with Crippen LogP contribution in [0.3, 0.4) is 0 Å². The number of alkyl carbamates (subject to hydrolysis) is 1. The molecule has 144 valence electrons. The molecular weight excluding hydrogens is 330 g/mol. The zero-order valence-corrected chi connectivity index (χ0v) is 16.3. The molecule has 2 amide bonds. The average molecular weight is 361 g/mol. The van der Waals surface area contributed by atoms with Crippen LogP contribution in [0.1, 0.15) is 40.5 Å². The summed E-state index contributed by atoms with van der Waals surface area (Å²) in [5.41, 5.74) is 0.487. The van der Waals surface area contributed by atoms with Gasteiger partial charge in [0.1, 0.15) is 5.60 Å². The molecule has 1 aromatic rings. The van der Waals surface area contributed by atoms with Gasteiger partial charge in [-0.3, -0.25) is 4.79 Å². The summed E-state index contributed by atoms with van der Waals surface area (Å²) in [7, 11) is 0. The molecule has 1 aliphatic heterocycles. The highest BCUT2D eigenvalue weighted by Crippen LogP contribution is 2.23. The first kappa shape index (κ1) is 20.2. The third-order valence-corrected chi connectivity index (χ3v) is 4.39. The van der Waals surface area contributed by atoms with Crippen molar-refractivity contribution in [1.82, 2.24) is 10.2 Å². The number of benzene rings is 1. The standard InChI is InChI=1S/C20H31N3O3/c1-16(24)23(17-8-6-5-7-9-17)18-10-13-22(14-11-18)15-12-21-19(25)26-20(2,3)4/h5-9,18H,10-15H2,1-4H3,(H,21,25). The first-order chi connectivity index (χ1) is 12.3. The summed E-state index contributed by atoms with van der Waals surface area (Å²) < 4.78 is 5.24. The lowest BCUT2D eigenvalue weighted by Crippen LogP contribution is -2.48. The number of carbonyl (C=O) groups is 2. The topological polar surface area (TPSA) is 61.9 Å². The molecule has 0 aliphatic carbocycles. The number of nitrogens with one attached hydrogen (secondary N) is 1. The molecule has 1 heterocycles. The second-order valence-electron chi connectivity index (χ2n) is 7.73. The van der Waals surface area contributed by atoms with Gasteiger partial charge >= 0.3 is 6.09 Å². The van der Waals surface area contributed by atoms with E-state index in [1.54, 1.807) is 6.92 Å². The van der Waals surface area contributed by atoms with Crippen LogP contribution in [0, 0.1) is 0 Å². The van der Waals surface area contributed by atoms with Gasteiger partial charge < -0.3 is 19.9 Å². The van der Waals surface area contributed by atoms with Gasteiger partial charge in [0.05, 0.1) is 0 Å². The Morgan fingerprint density at radius 1 is 1.19 bits per heavy atom. The molecular formula is C20H31N3O3. The van der Waals surface area contributed by atoms with E-state index in [-0.39, 0.29) is 18.0 Å². The van der Waals surface area contributed by atoms with Crippen molar-refractivity contribution in [2.45, 2.75) is 52.2 Å². The predicted molar refractivity (Wildman–Crippen MR) is 103 cm³/mol. The fourth-order valence-corrected chi connectivity index (χ4v) is 3.27. The molecule has 1 aliphatic rings. The summed E-state index contributed by atoms with van der Waals surface area (Å²) in [5, 5.41) is 2.80. The van der Waals surface area contributed by atoms with E-state index >= 15 is 0 Å². The van der Waals surface area contributed by atoms with Crippen LogP contribution in [-0.2, 0) is 9.53 Å². The molecule has 26 heavy (non-hydrogen) atoms. The van der Waals surface area contributed by atoms with Gasteiger partial charge in [-0.05, 0) is 45.7 Å². The zero-order valence-electron chi connectivity index (χ0n) is 16.3. The minimum absolute atomic E-state index is 0.0845. The number of para-hydroxylation sites is 1. The van der Waals surface area contributed by atoms with Gasteiger partial charge in [0.15, 0.2) is 0 Å². The predicted octanol–water partition coefficient (Wildman–Crippen LogP) is 3.03. The normalized spacial score (nSPS) is 16.2.